The van der Waals surface area contributed by atoms with Crippen molar-refractivity contribution in [2.24, 2.45) is 5.10 Å². The van der Waals surface area contributed by atoms with Crippen molar-refractivity contribution < 1.29 is 22.7 Å². The maximum Gasteiger partial charge on any atom is 0.264 e. The first kappa shape index (κ1) is 25.1. The van der Waals surface area contributed by atoms with Gasteiger partial charge in [-0.1, -0.05) is 41.4 Å². The van der Waals surface area contributed by atoms with E-state index >= 15 is 0 Å². The van der Waals surface area contributed by atoms with E-state index in [0.29, 0.717) is 17.1 Å². The van der Waals surface area contributed by atoms with Crippen LogP contribution in [0.3, 0.4) is 0 Å². The van der Waals surface area contributed by atoms with Crippen LogP contribution in [0.4, 0.5) is 5.69 Å². The van der Waals surface area contributed by atoms with Crippen LogP contribution in [-0.4, -0.2) is 41.3 Å². The van der Waals surface area contributed by atoms with E-state index in [1.807, 2.05) is 6.92 Å². The van der Waals surface area contributed by atoms with Crippen LogP contribution >= 0.6 is 11.6 Å². The molecule has 3 rings (SSSR count). The molecule has 0 atom stereocenters. The molecule has 0 fully saturated rings. The SMILES string of the molecule is COc1ccc(/C=N\NC(=O)CN(c2ccccc2Cl)S(=O)(=O)c2ccc(C)cc2)c(OC)c1. The van der Waals surface area contributed by atoms with Gasteiger partial charge in [0.2, 0.25) is 0 Å². The maximum absolute atomic E-state index is 13.4. The third kappa shape index (κ3) is 5.86. The van der Waals surface area contributed by atoms with Gasteiger partial charge in [0.25, 0.3) is 15.9 Å². The number of amides is 1. The fourth-order valence-electron chi connectivity index (χ4n) is 3.06. The average Bonchev–Trinajstić information content (AvgIpc) is 2.83. The summed E-state index contributed by atoms with van der Waals surface area (Å²) in [7, 11) is -1.04. The van der Waals surface area contributed by atoms with E-state index in [0.717, 1.165) is 9.87 Å². The summed E-state index contributed by atoms with van der Waals surface area (Å²) in [5.41, 5.74) is 4.04. The Morgan fingerprint density at radius 1 is 1.06 bits per heavy atom. The summed E-state index contributed by atoms with van der Waals surface area (Å²) in [6, 6.07) is 17.9. The first-order valence-corrected chi connectivity index (χ1v) is 12.0. The van der Waals surface area contributed by atoms with Crippen molar-refractivity contribution in [1.29, 1.82) is 0 Å². The van der Waals surface area contributed by atoms with E-state index in [9.17, 15) is 13.2 Å². The third-order valence-electron chi connectivity index (χ3n) is 4.85. The second kappa shape index (κ2) is 11.0. The highest BCUT2D eigenvalue weighted by Gasteiger charge is 2.28. The minimum atomic E-state index is -4.08. The number of carbonyl (C=O) groups excluding carboxylic acids is 1. The lowest BCUT2D eigenvalue weighted by atomic mass is 10.2. The predicted octanol–water partition coefficient (Wildman–Crippen LogP) is 4.01. The van der Waals surface area contributed by atoms with E-state index < -0.39 is 22.5 Å². The van der Waals surface area contributed by atoms with Crippen molar-refractivity contribution in [1.82, 2.24) is 5.43 Å². The van der Waals surface area contributed by atoms with Gasteiger partial charge in [-0.15, -0.1) is 0 Å². The molecule has 1 N–H and O–H groups in total. The number of sulfonamides is 1. The molecular formula is C24H24ClN3O5S. The Kier molecular flexibility index (Phi) is 8.14. The number of hydrogen-bond donors (Lipinski definition) is 1. The summed E-state index contributed by atoms with van der Waals surface area (Å²) in [6.07, 6.45) is 1.39. The number of hydrazone groups is 1. The number of benzene rings is 3. The Hall–Kier alpha value is -3.56. The summed E-state index contributed by atoms with van der Waals surface area (Å²) in [4.78, 5) is 12.7. The summed E-state index contributed by atoms with van der Waals surface area (Å²) in [6.45, 7) is 1.32. The Morgan fingerprint density at radius 2 is 1.76 bits per heavy atom. The number of carbonyl (C=O) groups is 1. The molecule has 8 nitrogen and oxygen atoms in total. The van der Waals surface area contributed by atoms with Crippen LogP contribution in [0.25, 0.3) is 0 Å². The van der Waals surface area contributed by atoms with Crippen molar-refractivity contribution in [2.45, 2.75) is 11.8 Å². The first-order chi connectivity index (χ1) is 16.3. The molecule has 0 bridgehead atoms. The summed E-state index contributed by atoms with van der Waals surface area (Å²) in [5.74, 6) is 0.450. The Morgan fingerprint density at radius 3 is 2.41 bits per heavy atom. The van der Waals surface area contributed by atoms with Crippen LogP contribution in [0.15, 0.2) is 76.7 Å². The third-order valence-corrected chi connectivity index (χ3v) is 6.94. The molecule has 0 aromatic heterocycles. The van der Waals surface area contributed by atoms with Crippen LogP contribution in [0.5, 0.6) is 11.5 Å². The van der Waals surface area contributed by atoms with Gasteiger partial charge in [-0.3, -0.25) is 9.10 Å². The van der Waals surface area contributed by atoms with Gasteiger partial charge in [0.05, 0.1) is 36.0 Å². The highest BCUT2D eigenvalue weighted by molar-refractivity contribution is 7.92. The zero-order valence-corrected chi connectivity index (χ0v) is 20.4. The minimum Gasteiger partial charge on any atom is -0.497 e. The van der Waals surface area contributed by atoms with E-state index in [-0.39, 0.29) is 15.6 Å². The summed E-state index contributed by atoms with van der Waals surface area (Å²) < 4.78 is 38.2. The van der Waals surface area contributed by atoms with E-state index in [2.05, 4.69) is 10.5 Å². The zero-order valence-electron chi connectivity index (χ0n) is 18.9. The van der Waals surface area contributed by atoms with E-state index in [1.165, 1.54) is 38.6 Å². The Labute approximate surface area is 203 Å². The van der Waals surface area contributed by atoms with Crippen molar-refractivity contribution in [3.63, 3.8) is 0 Å². The largest absolute Gasteiger partial charge is 0.497 e. The molecule has 178 valence electrons. The lowest BCUT2D eigenvalue weighted by Crippen LogP contribution is -2.39. The molecule has 10 heteroatoms. The van der Waals surface area contributed by atoms with Gasteiger partial charge >= 0.3 is 0 Å². The minimum absolute atomic E-state index is 0.0392. The molecule has 1 amide bonds. The lowest BCUT2D eigenvalue weighted by molar-refractivity contribution is -0.119. The quantitative estimate of drug-likeness (QED) is 0.353. The van der Waals surface area contributed by atoms with Crippen LogP contribution < -0.4 is 19.2 Å². The number of para-hydroxylation sites is 1. The Bertz CT molecular complexity index is 1290. The smallest absolute Gasteiger partial charge is 0.264 e. The number of rotatable bonds is 9. The maximum atomic E-state index is 13.4. The molecule has 0 saturated heterocycles. The molecule has 0 saturated carbocycles. The van der Waals surface area contributed by atoms with Crippen LogP contribution in [0.1, 0.15) is 11.1 Å². The fraction of sp³-hybridized carbons (Fsp3) is 0.167. The predicted molar refractivity (Wildman–Crippen MR) is 132 cm³/mol. The molecule has 0 aliphatic rings. The molecule has 3 aromatic carbocycles. The van der Waals surface area contributed by atoms with Gasteiger partial charge in [-0.25, -0.2) is 13.8 Å². The molecule has 0 spiro atoms. The molecule has 0 unspecified atom stereocenters. The van der Waals surface area contributed by atoms with Gasteiger partial charge in [0.1, 0.15) is 18.0 Å². The van der Waals surface area contributed by atoms with Gasteiger partial charge < -0.3 is 9.47 Å². The van der Waals surface area contributed by atoms with Crippen molar-refractivity contribution in [3.05, 3.63) is 82.9 Å². The van der Waals surface area contributed by atoms with Crippen molar-refractivity contribution in [3.8, 4) is 11.5 Å². The number of nitrogens with zero attached hydrogens (tertiary/aromatic N) is 2. The van der Waals surface area contributed by atoms with Crippen LogP contribution in [0, 0.1) is 6.92 Å². The number of methoxy groups -OCH3 is 2. The van der Waals surface area contributed by atoms with Crippen molar-refractivity contribution >= 4 is 39.4 Å². The molecule has 0 aliphatic carbocycles. The fourth-order valence-corrected chi connectivity index (χ4v) is 4.78. The number of anilines is 1. The molecule has 0 radical (unpaired) electrons. The lowest BCUT2D eigenvalue weighted by Gasteiger charge is -2.24. The van der Waals surface area contributed by atoms with Crippen LogP contribution in [-0.2, 0) is 14.8 Å². The Balaban J connectivity index is 1.84. The topological polar surface area (TPSA) is 97.3 Å². The van der Waals surface area contributed by atoms with E-state index in [4.69, 9.17) is 21.1 Å². The van der Waals surface area contributed by atoms with Gasteiger partial charge in [-0.2, -0.15) is 5.10 Å². The van der Waals surface area contributed by atoms with Gasteiger partial charge in [-0.05, 0) is 43.3 Å². The summed E-state index contributed by atoms with van der Waals surface area (Å²) in [5, 5.41) is 4.13. The monoisotopic (exact) mass is 501 g/mol. The standard InChI is InChI=1S/C24H24ClN3O5S/c1-17-8-12-20(13-9-17)34(30,31)28(22-7-5-4-6-21(22)25)16-24(29)27-26-15-18-10-11-19(32-2)14-23(18)33-3/h4-15H,16H2,1-3H3,(H,27,29)/b26-15-. The molecule has 0 aliphatic heterocycles. The second-order valence-corrected chi connectivity index (χ2v) is 9.45. The number of halogens is 1. The number of hydrogen-bond acceptors (Lipinski definition) is 6. The zero-order chi connectivity index (χ0) is 24.7. The normalized spacial score (nSPS) is 11.3. The van der Waals surface area contributed by atoms with Crippen LogP contribution in [0.2, 0.25) is 5.02 Å². The molecular weight excluding hydrogens is 478 g/mol. The highest BCUT2D eigenvalue weighted by Crippen LogP contribution is 2.30. The molecule has 3 aromatic rings. The molecule has 0 heterocycles. The second-order valence-electron chi connectivity index (χ2n) is 7.18. The highest BCUT2D eigenvalue weighted by atomic mass is 35.5. The number of nitrogens with one attached hydrogen (secondary N) is 1. The van der Waals surface area contributed by atoms with E-state index in [1.54, 1.807) is 48.5 Å². The number of ether oxygens (including phenoxy) is 2. The summed E-state index contributed by atoms with van der Waals surface area (Å²) >= 11 is 6.27. The molecule has 34 heavy (non-hydrogen) atoms. The van der Waals surface area contributed by atoms with Crippen molar-refractivity contribution in [2.75, 3.05) is 25.1 Å². The van der Waals surface area contributed by atoms with Gasteiger partial charge in [0, 0.05) is 11.6 Å². The van der Waals surface area contributed by atoms with Gasteiger partial charge in [0.15, 0.2) is 0 Å². The average molecular weight is 502 g/mol. The first-order valence-electron chi connectivity index (χ1n) is 10.1. The number of aryl methyl sites for hydroxylation is 1.